The molecule has 1 fully saturated rings. The van der Waals surface area contributed by atoms with Crippen molar-refractivity contribution in [1.29, 1.82) is 0 Å². The molecule has 3 heterocycles. The molecule has 0 radical (unpaired) electrons. The molecule has 0 bridgehead atoms. The third-order valence-corrected chi connectivity index (χ3v) is 4.69. The summed E-state index contributed by atoms with van der Waals surface area (Å²) in [6, 6.07) is 9.15. The quantitative estimate of drug-likeness (QED) is 0.504. The fraction of sp³-hybridized carbons (Fsp3) is 0.294. The lowest BCUT2D eigenvalue weighted by molar-refractivity contribution is 0.122. The van der Waals surface area contributed by atoms with E-state index in [0.29, 0.717) is 54.7 Å². The third-order valence-electron chi connectivity index (χ3n) is 4.44. The van der Waals surface area contributed by atoms with Crippen LogP contribution in [-0.2, 0) is 11.3 Å². The van der Waals surface area contributed by atoms with Gasteiger partial charge in [-0.15, -0.1) is 10.2 Å². The number of anilines is 2. The summed E-state index contributed by atoms with van der Waals surface area (Å²) in [7, 11) is 0. The highest BCUT2D eigenvalue weighted by molar-refractivity contribution is 6.30. The zero-order valence-electron chi connectivity index (χ0n) is 14.4. The molecule has 0 unspecified atom stereocenters. The Kier molecular flexibility index (Phi) is 4.88. The molecule has 0 spiro atoms. The monoisotopic (exact) mass is 387 g/mol. The van der Waals surface area contributed by atoms with Crippen LogP contribution in [0, 0.1) is 0 Å². The largest absolute Gasteiger partial charge is 0.378 e. The standard InChI is InChI=1S/C17H18ClN7O2/c18-12-3-1-11(2-4-12)10-25-13-9-14(24-5-7-27-8-6-24)22-23-15(13)16(21-19)20-17(25)26/h1-4,9H,5-8,10,19H2,(H,20,21,26). The van der Waals surface area contributed by atoms with E-state index in [-0.39, 0.29) is 5.82 Å². The van der Waals surface area contributed by atoms with Gasteiger partial charge in [-0.2, -0.15) is 4.98 Å². The number of fused-ring (bicyclic) bond motifs is 1. The molecule has 1 saturated heterocycles. The van der Waals surface area contributed by atoms with Crippen LogP contribution in [0.4, 0.5) is 11.6 Å². The van der Waals surface area contributed by atoms with Crippen LogP contribution >= 0.6 is 11.6 Å². The van der Waals surface area contributed by atoms with E-state index in [1.165, 1.54) is 0 Å². The second-order valence-corrected chi connectivity index (χ2v) is 6.57. The van der Waals surface area contributed by atoms with E-state index in [0.717, 1.165) is 5.56 Å². The van der Waals surface area contributed by atoms with Gasteiger partial charge < -0.3 is 15.1 Å². The van der Waals surface area contributed by atoms with Gasteiger partial charge in [-0.05, 0) is 17.7 Å². The summed E-state index contributed by atoms with van der Waals surface area (Å²) in [5.41, 5.74) is 3.96. The molecule has 0 saturated carbocycles. The number of nitrogen functional groups attached to an aromatic ring is 1. The highest BCUT2D eigenvalue weighted by atomic mass is 35.5. The summed E-state index contributed by atoms with van der Waals surface area (Å²) in [6.45, 7) is 3.02. The zero-order valence-corrected chi connectivity index (χ0v) is 15.2. The summed E-state index contributed by atoms with van der Waals surface area (Å²) in [5.74, 6) is 6.40. The fourth-order valence-electron chi connectivity index (χ4n) is 3.03. The normalized spacial score (nSPS) is 14.5. The Hall–Kier alpha value is -2.75. The van der Waals surface area contributed by atoms with E-state index in [1.54, 1.807) is 16.7 Å². The molecule has 0 aliphatic carbocycles. The lowest BCUT2D eigenvalue weighted by Crippen LogP contribution is -2.37. The minimum Gasteiger partial charge on any atom is -0.378 e. The Morgan fingerprint density at radius 3 is 2.63 bits per heavy atom. The Morgan fingerprint density at radius 2 is 1.93 bits per heavy atom. The van der Waals surface area contributed by atoms with Crippen LogP contribution < -0.4 is 21.9 Å². The number of nitrogens with one attached hydrogen (secondary N) is 1. The van der Waals surface area contributed by atoms with Crippen molar-refractivity contribution in [1.82, 2.24) is 19.7 Å². The number of halogens is 1. The van der Waals surface area contributed by atoms with Gasteiger partial charge in [0.05, 0.1) is 25.3 Å². The second-order valence-electron chi connectivity index (χ2n) is 6.14. The van der Waals surface area contributed by atoms with Crippen molar-refractivity contribution < 1.29 is 4.74 Å². The van der Waals surface area contributed by atoms with Gasteiger partial charge in [0.15, 0.2) is 17.2 Å². The van der Waals surface area contributed by atoms with Crippen LogP contribution in [0.3, 0.4) is 0 Å². The smallest absolute Gasteiger partial charge is 0.350 e. The van der Waals surface area contributed by atoms with Crippen LogP contribution in [0.25, 0.3) is 11.0 Å². The van der Waals surface area contributed by atoms with Gasteiger partial charge in [0.2, 0.25) is 0 Å². The number of ether oxygens (including phenoxy) is 1. The summed E-state index contributed by atoms with van der Waals surface area (Å²) < 4.78 is 6.94. The van der Waals surface area contributed by atoms with E-state index >= 15 is 0 Å². The minimum atomic E-state index is -0.425. The van der Waals surface area contributed by atoms with Crippen molar-refractivity contribution in [3.63, 3.8) is 0 Å². The van der Waals surface area contributed by atoms with Gasteiger partial charge in [-0.25, -0.2) is 10.6 Å². The van der Waals surface area contributed by atoms with Gasteiger partial charge in [0.1, 0.15) is 0 Å². The SMILES string of the molecule is NNc1nc(=O)n(Cc2ccc(Cl)cc2)c2cc(N3CCOCC3)nnc12. The van der Waals surface area contributed by atoms with Crippen molar-refractivity contribution in [3.8, 4) is 0 Å². The van der Waals surface area contributed by atoms with E-state index in [4.69, 9.17) is 22.2 Å². The maximum absolute atomic E-state index is 12.6. The van der Waals surface area contributed by atoms with Gasteiger partial charge >= 0.3 is 5.69 Å². The Morgan fingerprint density at radius 1 is 1.19 bits per heavy atom. The van der Waals surface area contributed by atoms with Crippen molar-refractivity contribution in [3.05, 3.63) is 51.4 Å². The number of hydrogen-bond acceptors (Lipinski definition) is 8. The summed E-state index contributed by atoms with van der Waals surface area (Å²) >= 11 is 5.95. The molecule has 4 rings (SSSR count). The third kappa shape index (κ3) is 3.57. The first-order chi connectivity index (χ1) is 13.2. The molecule has 0 atom stereocenters. The van der Waals surface area contributed by atoms with Crippen molar-refractivity contribution in [2.45, 2.75) is 6.54 Å². The molecule has 9 nitrogen and oxygen atoms in total. The first kappa shape index (κ1) is 17.7. The van der Waals surface area contributed by atoms with Gasteiger partial charge in [-0.3, -0.25) is 4.57 Å². The molecule has 3 N–H and O–H groups in total. The minimum absolute atomic E-state index is 0.198. The van der Waals surface area contributed by atoms with E-state index in [9.17, 15) is 4.79 Å². The molecule has 1 aliphatic heterocycles. The van der Waals surface area contributed by atoms with Crippen LogP contribution in [0.2, 0.25) is 5.02 Å². The number of nitrogens with zero attached hydrogens (tertiary/aromatic N) is 5. The lowest BCUT2D eigenvalue weighted by Gasteiger charge is -2.27. The molecule has 3 aromatic rings. The molecular formula is C17H18ClN7O2. The number of rotatable bonds is 4. The van der Waals surface area contributed by atoms with Crippen molar-refractivity contribution in [2.24, 2.45) is 5.84 Å². The zero-order chi connectivity index (χ0) is 18.8. The summed E-state index contributed by atoms with van der Waals surface area (Å²) in [4.78, 5) is 18.7. The molecular weight excluding hydrogens is 370 g/mol. The molecule has 140 valence electrons. The molecule has 2 aromatic heterocycles. The Labute approximate surface area is 159 Å². The molecule has 1 aromatic carbocycles. The highest BCUT2D eigenvalue weighted by Gasteiger charge is 2.17. The van der Waals surface area contributed by atoms with Crippen molar-refractivity contribution in [2.75, 3.05) is 36.6 Å². The average Bonchev–Trinajstić information content (AvgIpc) is 2.71. The second kappa shape index (κ2) is 7.47. The fourth-order valence-corrected chi connectivity index (χ4v) is 3.16. The van der Waals surface area contributed by atoms with E-state index < -0.39 is 5.69 Å². The number of morpholine rings is 1. The van der Waals surface area contributed by atoms with Gasteiger partial charge in [0.25, 0.3) is 0 Å². The lowest BCUT2D eigenvalue weighted by atomic mass is 10.2. The van der Waals surface area contributed by atoms with Crippen molar-refractivity contribution >= 4 is 34.3 Å². The Bertz CT molecular complexity index is 1020. The average molecular weight is 388 g/mol. The predicted octanol–water partition coefficient (Wildman–Crippen LogP) is 1.01. The predicted molar refractivity (Wildman–Crippen MR) is 103 cm³/mol. The van der Waals surface area contributed by atoms with Gasteiger partial charge in [0, 0.05) is 24.2 Å². The molecule has 1 aliphatic rings. The number of benzene rings is 1. The molecule has 10 heteroatoms. The Balaban J connectivity index is 1.83. The van der Waals surface area contributed by atoms with Crippen LogP contribution in [0.5, 0.6) is 0 Å². The van der Waals surface area contributed by atoms with E-state index in [1.807, 2.05) is 18.2 Å². The number of nitrogens with two attached hydrogens (primary N) is 1. The number of aromatic nitrogens is 4. The van der Waals surface area contributed by atoms with Crippen LogP contribution in [-0.4, -0.2) is 46.1 Å². The van der Waals surface area contributed by atoms with E-state index in [2.05, 4.69) is 25.5 Å². The molecule has 27 heavy (non-hydrogen) atoms. The first-order valence-electron chi connectivity index (χ1n) is 8.48. The van der Waals surface area contributed by atoms with Gasteiger partial charge in [-0.1, -0.05) is 23.7 Å². The maximum Gasteiger partial charge on any atom is 0.350 e. The van der Waals surface area contributed by atoms with Crippen LogP contribution in [0.1, 0.15) is 5.56 Å². The maximum atomic E-state index is 12.6. The molecule has 0 amide bonds. The summed E-state index contributed by atoms with van der Waals surface area (Å²) in [6.07, 6.45) is 0. The highest BCUT2D eigenvalue weighted by Crippen LogP contribution is 2.22. The first-order valence-corrected chi connectivity index (χ1v) is 8.85. The number of hydrogen-bond donors (Lipinski definition) is 2. The summed E-state index contributed by atoms with van der Waals surface area (Å²) in [5, 5.41) is 9.18. The number of hydrazine groups is 1. The topological polar surface area (TPSA) is 111 Å². The van der Waals surface area contributed by atoms with Crippen LogP contribution in [0.15, 0.2) is 35.1 Å².